The first-order valence-electron chi connectivity index (χ1n) is 8.42. The van der Waals surface area contributed by atoms with E-state index < -0.39 is 0 Å². The van der Waals surface area contributed by atoms with E-state index in [1.165, 1.54) is 44.1 Å². The number of benzene rings is 1. The molecule has 3 atom stereocenters. The highest BCUT2D eigenvalue weighted by Gasteiger charge is 2.36. The molecule has 2 nitrogen and oxygen atoms in total. The standard InChI is InChI=1S/C18H27FN2/c1-13-11-15(19)8-9-16(13)18(12-20)21-10-4-6-14-5-2-3-7-17(14)21/h8-9,11,14,17-18H,2-7,10,12,20H2,1H3. The summed E-state index contributed by atoms with van der Waals surface area (Å²) in [5, 5.41) is 0. The van der Waals surface area contributed by atoms with E-state index in [0.29, 0.717) is 12.6 Å². The van der Waals surface area contributed by atoms with E-state index in [4.69, 9.17) is 5.73 Å². The van der Waals surface area contributed by atoms with Crippen molar-refractivity contribution in [2.45, 2.75) is 57.5 Å². The largest absolute Gasteiger partial charge is 0.329 e. The highest BCUT2D eigenvalue weighted by molar-refractivity contribution is 5.30. The van der Waals surface area contributed by atoms with E-state index in [1.54, 1.807) is 12.1 Å². The van der Waals surface area contributed by atoms with Crippen LogP contribution in [0.15, 0.2) is 18.2 Å². The van der Waals surface area contributed by atoms with Crippen molar-refractivity contribution in [1.29, 1.82) is 0 Å². The average molecular weight is 290 g/mol. The topological polar surface area (TPSA) is 29.3 Å². The Morgan fingerprint density at radius 1 is 1.24 bits per heavy atom. The van der Waals surface area contributed by atoms with Crippen molar-refractivity contribution < 1.29 is 4.39 Å². The van der Waals surface area contributed by atoms with Crippen molar-refractivity contribution in [2.24, 2.45) is 11.7 Å². The number of fused-ring (bicyclic) bond motifs is 1. The van der Waals surface area contributed by atoms with Crippen LogP contribution in [0.5, 0.6) is 0 Å². The minimum Gasteiger partial charge on any atom is -0.329 e. The number of hydrogen-bond donors (Lipinski definition) is 1. The SMILES string of the molecule is Cc1cc(F)ccc1C(CN)N1CCCC2CCCCC21. The molecule has 1 aromatic rings. The van der Waals surface area contributed by atoms with Crippen LogP contribution < -0.4 is 5.73 Å². The zero-order chi connectivity index (χ0) is 14.8. The number of nitrogens with two attached hydrogens (primary N) is 1. The Balaban J connectivity index is 1.87. The molecule has 0 aromatic heterocycles. The van der Waals surface area contributed by atoms with Crippen LogP contribution in [0, 0.1) is 18.7 Å². The fraction of sp³-hybridized carbons (Fsp3) is 0.667. The summed E-state index contributed by atoms with van der Waals surface area (Å²) in [5.41, 5.74) is 8.37. The van der Waals surface area contributed by atoms with Crippen LogP contribution >= 0.6 is 0 Å². The van der Waals surface area contributed by atoms with Crippen LogP contribution in [0.3, 0.4) is 0 Å². The van der Waals surface area contributed by atoms with Crippen molar-refractivity contribution >= 4 is 0 Å². The maximum absolute atomic E-state index is 13.4. The molecule has 21 heavy (non-hydrogen) atoms. The molecule has 0 amide bonds. The highest BCUT2D eigenvalue weighted by atomic mass is 19.1. The summed E-state index contributed by atoms with van der Waals surface area (Å²) in [6.45, 7) is 3.76. The van der Waals surface area contributed by atoms with Gasteiger partial charge in [0, 0.05) is 18.6 Å². The second-order valence-corrected chi connectivity index (χ2v) is 6.74. The number of nitrogens with zero attached hydrogens (tertiary/aromatic N) is 1. The van der Waals surface area contributed by atoms with E-state index in [1.807, 2.05) is 13.0 Å². The lowest BCUT2D eigenvalue weighted by atomic mass is 9.77. The van der Waals surface area contributed by atoms with Crippen LogP contribution in [0.4, 0.5) is 4.39 Å². The molecule has 0 radical (unpaired) electrons. The quantitative estimate of drug-likeness (QED) is 0.917. The van der Waals surface area contributed by atoms with E-state index in [-0.39, 0.29) is 11.9 Å². The third-order valence-electron chi connectivity index (χ3n) is 5.50. The number of aryl methyl sites for hydroxylation is 1. The molecule has 1 aliphatic heterocycles. The van der Waals surface area contributed by atoms with Crippen molar-refractivity contribution in [3.05, 3.63) is 35.1 Å². The first-order chi connectivity index (χ1) is 10.2. The van der Waals surface area contributed by atoms with Crippen molar-refractivity contribution in [2.75, 3.05) is 13.1 Å². The summed E-state index contributed by atoms with van der Waals surface area (Å²) in [5.74, 6) is 0.698. The molecule has 3 unspecified atom stereocenters. The fourth-order valence-electron chi connectivity index (χ4n) is 4.50. The predicted octanol–water partition coefficient (Wildman–Crippen LogP) is 3.79. The molecule has 2 N–H and O–H groups in total. The van der Waals surface area contributed by atoms with E-state index in [0.717, 1.165) is 18.0 Å². The molecule has 1 aromatic carbocycles. The van der Waals surface area contributed by atoms with Gasteiger partial charge in [0.2, 0.25) is 0 Å². The number of hydrogen-bond acceptors (Lipinski definition) is 2. The lowest BCUT2D eigenvalue weighted by Crippen LogP contribution is -2.50. The Labute approximate surface area is 127 Å². The number of likely N-dealkylation sites (tertiary alicyclic amines) is 1. The van der Waals surface area contributed by atoms with E-state index >= 15 is 0 Å². The summed E-state index contributed by atoms with van der Waals surface area (Å²) in [4.78, 5) is 2.63. The van der Waals surface area contributed by atoms with Crippen LogP contribution in [-0.2, 0) is 0 Å². The van der Waals surface area contributed by atoms with E-state index in [2.05, 4.69) is 4.90 Å². The lowest BCUT2D eigenvalue weighted by Gasteiger charge is -2.48. The molecule has 116 valence electrons. The molecule has 0 spiro atoms. The van der Waals surface area contributed by atoms with Crippen LogP contribution in [0.2, 0.25) is 0 Å². The van der Waals surface area contributed by atoms with Gasteiger partial charge in [-0.15, -0.1) is 0 Å². The summed E-state index contributed by atoms with van der Waals surface area (Å²) in [7, 11) is 0. The molecule has 0 bridgehead atoms. The molecule has 1 aliphatic carbocycles. The van der Waals surface area contributed by atoms with Gasteiger partial charge >= 0.3 is 0 Å². The summed E-state index contributed by atoms with van der Waals surface area (Å²) in [6.07, 6.45) is 8.07. The number of rotatable bonds is 3. The molecule has 1 heterocycles. The summed E-state index contributed by atoms with van der Waals surface area (Å²) in [6, 6.07) is 6.09. The molecular weight excluding hydrogens is 263 g/mol. The maximum Gasteiger partial charge on any atom is 0.123 e. The molecule has 2 aliphatic rings. The van der Waals surface area contributed by atoms with Gasteiger partial charge in [0.05, 0.1) is 0 Å². The van der Waals surface area contributed by atoms with Crippen LogP contribution in [0.25, 0.3) is 0 Å². The van der Waals surface area contributed by atoms with Gasteiger partial charge in [-0.05, 0) is 68.3 Å². The minimum absolute atomic E-state index is 0.152. The fourth-order valence-corrected chi connectivity index (χ4v) is 4.50. The second kappa shape index (κ2) is 6.45. The normalized spacial score (nSPS) is 28.1. The second-order valence-electron chi connectivity index (χ2n) is 6.74. The van der Waals surface area contributed by atoms with Crippen LogP contribution in [-0.4, -0.2) is 24.0 Å². The third kappa shape index (κ3) is 3.00. The maximum atomic E-state index is 13.4. The van der Waals surface area contributed by atoms with Gasteiger partial charge in [-0.3, -0.25) is 4.90 Å². The molecule has 3 rings (SSSR count). The van der Waals surface area contributed by atoms with Gasteiger partial charge in [-0.2, -0.15) is 0 Å². The Hall–Kier alpha value is -0.930. The van der Waals surface area contributed by atoms with Crippen molar-refractivity contribution in [3.8, 4) is 0 Å². The van der Waals surface area contributed by atoms with Gasteiger partial charge in [-0.25, -0.2) is 4.39 Å². The number of piperidine rings is 1. The lowest BCUT2D eigenvalue weighted by molar-refractivity contribution is 0.0274. The number of halogens is 1. The molecule has 1 saturated heterocycles. The zero-order valence-corrected chi connectivity index (χ0v) is 13.0. The Morgan fingerprint density at radius 3 is 2.76 bits per heavy atom. The van der Waals surface area contributed by atoms with Crippen molar-refractivity contribution in [1.82, 2.24) is 4.90 Å². The van der Waals surface area contributed by atoms with Gasteiger partial charge < -0.3 is 5.73 Å². The first-order valence-corrected chi connectivity index (χ1v) is 8.42. The molecular formula is C18H27FN2. The van der Waals surface area contributed by atoms with Gasteiger partial charge in [0.1, 0.15) is 5.82 Å². The Bertz CT molecular complexity index is 486. The summed E-state index contributed by atoms with van der Waals surface area (Å²) >= 11 is 0. The Kier molecular flexibility index (Phi) is 4.60. The zero-order valence-electron chi connectivity index (χ0n) is 13.0. The predicted molar refractivity (Wildman–Crippen MR) is 84.6 cm³/mol. The Morgan fingerprint density at radius 2 is 2.00 bits per heavy atom. The monoisotopic (exact) mass is 290 g/mol. The highest BCUT2D eigenvalue weighted by Crippen LogP contribution is 2.39. The average Bonchev–Trinajstić information content (AvgIpc) is 2.50. The third-order valence-corrected chi connectivity index (χ3v) is 5.50. The van der Waals surface area contributed by atoms with Crippen LogP contribution in [0.1, 0.15) is 55.7 Å². The van der Waals surface area contributed by atoms with Gasteiger partial charge in [0.25, 0.3) is 0 Å². The van der Waals surface area contributed by atoms with Crippen molar-refractivity contribution in [3.63, 3.8) is 0 Å². The minimum atomic E-state index is -0.152. The summed E-state index contributed by atoms with van der Waals surface area (Å²) < 4.78 is 13.4. The van der Waals surface area contributed by atoms with Gasteiger partial charge in [-0.1, -0.05) is 18.9 Å². The van der Waals surface area contributed by atoms with E-state index in [9.17, 15) is 4.39 Å². The molecule has 3 heteroatoms. The molecule has 2 fully saturated rings. The van der Waals surface area contributed by atoms with Gasteiger partial charge in [0.15, 0.2) is 0 Å². The molecule has 1 saturated carbocycles. The first kappa shape index (κ1) is 15.0. The smallest absolute Gasteiger partial charge is 0.123 e.